The monoisotopic (exact) mass is 276 g/mol. The number of carbonyl (C=O) groups excluding carboxylic acids is 1. The van der Waals surface area contributed by atoms with Gasteiger partial charge in [-0.2, -0.15) is 18.3 Å². The van der Waals surface area contributed by atoms with E-state index in [4.69, 9.17) is 5.73 Å². The number of aromatic nitrogens is 2. The van der Waals surface area contributed by atoms with Crippen LogP contribution in [0, 0.1) is 5.92 Å². The highest BCUT2D eigenvalue weighted by Gasteiger charge is 2.42. The molecule has 2 heterocycles. The molecule has 0 aliphatic carbocycles. The maximum atomic E-state index is 12.6. The second-order valence-corrected chi connectivity index (χ2v) is 4.66. The number of nitrogen functional groups attached to an aromatic ring is 1. The summed E-state index contributed by atoms with van der Waals surface area (Å²) >= 11 is 0. The van der Waals surface area contributed by atoms with Gasteiger partial charge >= 0.3 is 6.18 Å². The first kappa shape index (κ1) is 13.7. The average molecular weight is 276 g/mol. The Bertz CT molecular complexity index is 457. The van der Waals surface area contributed by atoms with Crippen molar-refractivity contribution in [2.75, 3.05) is 18.8 Å². The zero-order valence-corrected chi connectivity index (χ0v) is 10.2. The van der Waals surface area contributed by atoms with Crippen molar-refractivity contribution < 1.29 is 18.0 Å². The lowest BCUT2D eigenvalue weighted by molar-refractivity contribution is -0.188. The molecule has 2 rings (SSSR count). The Morgan fingerprint density at radius 3 is 2.84 bits per heavy atom. The first-order valence-corrected chi connectivity index (χ1v) is 5.99. The molecule has 1 aliphatic heterocycles. The lowest BCUT2D eigenvalue weighted by atomic mass is 9.97. The van der Waals surface area contributed by atoms with Gasteiger partial charge in [0, 0.05) is 19.3 Å². The van der Waals surface area contributed by atoms with Crippen LogP contribution >= 0.6 is 0 Å². The van der Waals surface area contributed by atoms with Gasteiger partial charge in [0.1, 0.15) is 12.4 Å². The van der Waals surface area contributed by atoms with E-state index in [9.17, 15) is 18.0 Å². The highest BCUT2D eigenvalue weighted by molar-refractivity contribution is 5.76. The van der Waals surface area contributed by atoms with E-state index >= 15 is 0 Å². The van der Waals surface area contributed by atoms with Crippen molar-refractivity contribution in [3.05, 3.63) is 12.3 Å². The Morgan fingerprint density at radius 1 is 1.53 bits per heavy atom. The summed E-state index contributed by atoms with van der Waals surface area (Å²) < 4.78 is 39.2. The van der Waals surface area contributed by atoms with Gasteiger partial charge in [-0.15, -0.1) is 0 Å². The number of nitrogens with zero attached hydrogens (tertiary/aromatic N) is 3. The lowest BCUT2D eigenvalue weighted by Crippen LogP contribution is -2.45. The predicted octanol–water partition coefficient (Wildman–Crippen LogP) is 1.27. The van der Waals surface area contributed by atoms with Crippen LogP contribution in [-0.2, 0) is 11.3 Å². The number of carbonyl (C=O) groups is 1. The first-order valence-electron chi connectivity index (χ1n) is 5.99. The third-order valence-corrected chi connectivity index (χ3v) is 3.20. The van der Waals surface area contributed by atoms with Crippen molar-refractivity contribution in [1.29, 1.82) is 0 Å². The number of piperidine rings is 1. The SMILES string of the molecule is Nc1ccn(CC(=O)N2CCCC(C(F)(F)F)C2)n1. The Labute approximate surface area is 108 Å². The number of rotatable bonds is 2. The first-order chi connectivity index (χ1) is 8.86. The molecule has 1 amide bonds. The van der Waals surface area contributed by atoms with Gasteiger partial charge in [0.05, 0.1) is 5.92 Å². The molecule has 0 spiro atoms. The molecule has 0 aromatic carbocycles. The summed E-state index contributed by atoms with van der Waals surface area (Å²) in [7, 11) is 0. The van der Waals surface area contributed by atoms with Crippen molar-refractivity contribution in [2.24, 2.45) is 5.92 Å². The van der Waals surface area contributed by atoms with Crippen LogP contribution in [0.15, 0.2) is 12.3 Å². The molecule has 2 N–H and O–H groups in total. The number of likely N-dealkylation sites (tertiary alicyclic amines) is 1. The van der Waals surface area contributed by atoms with E-state index in [1.165, 1.54) is 21.8 Å². The van der Waals surface area contributed by atoms with Gasteiger partial charge < -0.3 is 10.6 Å². The minimum Gasteiger partial charge on any atom is -0.382 e. The number of halogens is 3. The number of hydrogen-bond acceptors (Lipinski definition) is 3. The molecule has 19 heavy (non-hydrogen) atoms. The van der Waals surface area contributed by atoms with Gasteiger partial charge in [-0.25, -0.2) is 0 Å². The second-order valence-electron chi connectivity index (χ2n) is 4.66. The normalized spacial score (nSPS) is 20.6. The summed E-state index contributed by atoms with van der Waals surface area (Å²) in [4.78, 5) is 13.2. The Balaban J connectivity index is 1.95. The van der Waals surface area contributed by atoms with Crippen molar-refractivity contribution in [3.8, 4) is 0 Å². The molecule has 1 aromatic heterocycles. The molecule has 1 saturated heterocycles. The quantitative estimate of drug-likeness (QED) is 0.884. The number of nitrogens with two attached hydrogens (primary N) is 1. The molecule has 5 nitrogen and oxygen atoms in total. The molecular formula is C11H15F3N4O. The number of anilines is 1. The summed E-state index contributed by atoms with van der Waals surface area (Å²) in [6, 6.07) is 1.53. The van der Waals surface area contributed by atoms with Crippen LogP contribution in [-0.4, -0.2) is 39.9 Å². The number of alkyl halides is 3. The maximum Gasteiger partial charge on any atom is 0.393 e. The molecule has 8 heteroatoms. The van der Waals surface area contributed by atoms with Crippen LogP contribution in [0.25, 0.3) is 0 Å². The van der Waals surface area contributed by atoms with Crippen LogP contribution in [0.3, 0.4) is 0 Å². The number of amides is 1. The number of hydrogen-bond donors (Lipinski definition) is 1. The molecule has 1 unspecified atom stereocenters. The summed E-state index contributed by atoms with van der Waals surface area (Å²) in [6.07, 6.45) is -2.26. The molecule has 1 fully saturated rings. The van der Waals surface area contributed by atoms with Gasteiger partial charge in [0.15, 0.2) is 0 Å². The molecular weight excluding hydrogens is 261 g/mol. The van der Waals surface area contributed by atoms with Crippen molar-refractivity contribution >= 4 is 11.7 Å². The maximum absolute atomic E-state index is 12.6. The fourth-order valence-corrected chi connectivity index (χ4v) is 2.17. The van der Waals surface area contributed by atoms with E-state index in [0.717, 1.165) is 0 Å². The van der Waals surface area contributed by atoms with Gasteiger partial charge in [0.25, 0.3) is 0 Å². The standard InChI is InChI=1S/C11H15F3N4O/c12-11(13,14)8-2-1-4-17(6-8)10(19)7-18-5-3-9(15)16-18/h3,5,8H,1-2,4,6-7H2,(H2,15,16). The third-order valence-electron chi connectivity index (χ3n) is 3.20. The van der Waals surface area contributed by atoms with E-state index in [1.54, 1.807) is 0 Å². The molecule has 0 saturated carbocycles. The van der Waals surface area contributed by atoms with Gasteiger partial charge in [-0.05, 0) is 18.9 Å². The molecule has 0 bridgehead atoms. The highest BCUT2D eigenvalue weighted by atomic mass is 19.4. The minimum absolute atomic E-state index is 0.0816. The Kier molecular flexibility index (Phi) is 3.68. The topological polar surface area (TPSA) is 64.2 Å². The molecule has 1 atom stereocenters. The smallest absolute Gasteiger partial charge is 0.382 e. The highest BCUT2D eigenvalue weighted by Crippen LogP contribution is 2.33. The molecule has 0 radical (unpaired) electrons. The molecule has 1 aliphatic rings. The average Bonchev–Trinajstić information content (AvgIpc) is 2.74. The van der Waals surface area contributed by atoms with Crippen molar-refractivity contribution in [2.45, 2.75) is 25.6 Å². The lowest BCUT2D eigenvalue weighted by Gasteiger charge is -2.33. The van der Waals surface area contributed by atoms with Crippen LogP contribution in [0.1, 0.15) is 12.8 Å². The van der Waals surface area contributed by atoms with Crippen LogP contribution in [0.4, 0.5) is 19.0 Å². The van der Waals surface area contributed by atoms with E-state index < -0.39 is 12.1 Å². The Hall–Kier alpha value is -1.73. The fourth-order valence-electron chi connectivity index (χ4n) is 2.17. The zero-order chi connectivity index (χ0) is 14.0. The van der Waals surface area contributed by atoms with Crippen molar-refractivity contribution in [1.82, 2.24) is 14.7 Å². The van der Waals surface area contributed by atoms with Gasteiger partial charge in [-0.1, -0.05) is 0 Å². The van der Waals surface area contributed by atoms with Crippen LogP contribution < -0.4 is 5.73 Å². The van der Waals surface area contributed by atoms with E-state index in [2.05, 4.69) is 5.10 Å². The molecule has 106 valence electrons. The third kappa shape index (κ3) is 3.39. The Morgan fingerprint density at radius 2 is 2.26 bits per heavy atom. The summed E-state index contributed by atoms with van der Waals surface area (Å²) in [6.45, 7) is 0.0169. The molecule has 1 aromatic rings. The van der Waals surface area contributed by atoms with Crippen molar-refractivity contribution in [3.63, 3.8) is 0 Å². The summed E-state index contributed by atoms with van der Waals surface area (Å²) in [5.74, 6) is -1.51. The summed E-state index contributed by atoms with van der Waals surface area (Å²) in [5.41, 5.74) is 5.41. The second kappa shape index (κ2) is 5.10. The van der Waals surface area contributed by atoms with Gasteiger partial charge in [-0.3, -0.25) is 9.48 Å². The largest absolute Gasteiger partial charge is 0.393 e. The fraction of sp³-hybridized carbons (Fsp3) is 0.636. The predicted molar refractivity (Wildman–Crippen MR) is 62.0 cm³/mol. The van der Waals surface area contributed by atoms with Crippen LogP contribution in [0.2, 0.25) is 0 Å². The summed E-state index contributed by atoms with van der Waals surface area (Å²) in [5, 5.41) is 3.84. The van der Waals surface area contributed by atoms with E-state index in [0.29, 0.717) is 13.0 Å². The van der Waals surface area contributed by atoms with Gasteiger partial charge in [0.2, 0.25) is 5.91 Å². The zero-order valence-electron chi connectivity index (χ0n) is 10.2. The minimum atomic E-state index is -4.24. The van der Waals surface area contributed by atoms with E-state index in [1.807, 2.05) is 0 Å². The van der Waals surface area contributed by atoms with E-state index in [-0.39, 0.29) is 31.2 Å². The van der Waals surface area contributed by atoms with Crippen LogP contribution in [0.5, 0.6) is 0 Å².